The molecule has 1 rings (SSSR count). The number of ether oxygens (including phenoxy) is 3. The van der Waals surface area contributed by atoms with Crippen molar-refractivity contribution >= 4 is 11.9 Å². The van der Waals surface area contributed by atoms with Gasteiger partial charge in [-0.15, -0.1) is 0 Å². The third-order valence-corrected chi connectivity index (χ3v) is 2.51. The van der Waals surface area contributed by atoms with Crippen molar-refractivity contribution in [1.29, 1.82) is 0 Å². The van der Waals surface area contributed by atoms with Crippen LogP contribution in [0.2, 0.25) is 0 Å². The van der Waals surface area contributed by atoms with Gasteiger partial charge in [-0.05, 0) is 24.1 Å². The maximum absolute atomic E-state index is 11.4. The van der Waals surface area contributed by atoms with Gasteiger partial charge in [0, 0.05) is 0 Å². The molecule has 0 heterocycles. The molecule has 5 heteroatoms. The topological polar surface area (TPSA) is 61.8 Å². The Bertz CT molecular complexity index is 455. The zero-order valence-corrected chi connectivity index (χ0v) is 11.1. The third-order valence-electron chi connectivity index (χ3n) is 2.51. The van der Waals surface area contributed by atoms with E-state index in [1.165, 1.54) is 20.3 Å². The van der Waals surface area contributed by atoms with Crippen LogP contribution in [0.5, 0.6) is 5.75 Å². The van der Waals surface area contributed by atoms with E-state index in [-0.39, 0.29) is 5.57 Å². The number of hydrogen-bond donors (Lipinski definition) is 0. The summed E-state index contributed by atoms with van der Waals surface area (Å²) in [6.45, 7) is 0. The van der Waals surface area contributed by atoms with Crippen LogP contribution in [0.3, 0.4) is 0 Å². The highest BCUT2D eigenvalue weighted by Gasteiger charge is 2.18. The number of esters is 2. The largest absolute Gasteiger partial charge is 0.497 e. The summed E-state index contributed by atoms with van der Waals surface area (Å²) >= 11 is 0. The van der Waals surface area contributed by atoms with E-state index in [0.717, 1.165) is 11.3 Å². The summed E-state index contributed by atoms with van der Waals surface area (Å²) in [5, 5.41) is 0. The number of rotatable bonds is 5. The summed E-state index contributed by atoms with van der Waals surface area (Å²) < 4.78 is 14.1. The number of allylic oxidation sites excluding steroid dienone is 1. The zero-order chi connectivity index (χ0) is 14.3. The minimum Gasteiger partial charge on any atom is -0.497 e. The number of carbonyl (C=O) groups excluding carboxylic acids is 2. The predicted molar refractivity (Wildman–Crippen MR) is 68.8 cm³/mol. The first kappa shape index (κ1) is 14.8. The molecule has 0 unspecified atom stereocenters. The molecule has 0 atom stereocenters. The van der Waals surface area contributed by atoms with Gasteiger partial charge >= 0.3 is 11.9 Å². The van der Waals surface area contributed by atoms with Crippen LogP contribution >= 0.6 is 0 Å². The first-order valence-corrected chi connectivity index (χ1v) is 5.62. The molecular formula is C14H16O5. The Morgan fingerprint density at radius 3 is 1.95 bits per heavy atom. The predicted octanol–water partition coefficient (Wildman–Crippen LogP) is 1.51. The lowest BCUT2D eigenvalue weighted by Gasteiger charge is -2.04. The van der Waals surface area contributed by atoms with E-state index in [2.05, 4.69) is 9.47 Å². The monoisotopic (exact) mass is 264 g/mol. The molecule has 0 aliphatic rings. The van der Waals surface area contributed by atoms with Crippen LogP contribution in [0, 0.1) is 0 Å². The zero-order valence-electron chi connectivity index (χ0n) is 11.1. The number of hydrogen-bond acceptors (Lipinski definition) is 5. The fourth-order valence-electron chi connectivity index (χ4n) is 1.45. The number of carbonyl (C=O) groups is 2. The molecule has 1 aromatic rings. The number of methoxy groups -OCH3 is 3. The Balaban J connectivity index is 2.84. The molecule has 0 bridgehead atoms. The normalized spacial score (nSPS) is 9.42. The molecule has 0 aliphatic carbocycles. The lowest BCUT2D eigenvalue weighted by Crippen LogP contribution is -2.16. The number of benzene rings is 1. The molecule has 1 aromatic carbocycles. The van der Waals surface area contributed by atoms with Crippen LogP contribution in [0.25, 0.3) is 0 Å². The highest BCUT2D eigenvalue weighted by molar-refractivity contribution is 6.13. The second-order valence-electron chi connectivity index (χ2n) is 3.65. The molecule has 102 valence electrons. The summed E-state index contributed by atoms with van der Waals surface area (Å²) in [6, 6.07) is 7.31. The first-order valence-electron chi connectivity index (χ1n) is 5.62. The van der Waals surface area contributed by atoms with Gasteiger partial charge < -0.3 is 14.2 Å². The van der Waals surface area contributed by atoms with Gasteiger partial charge in [0.25, 0.3) is 0 Å². The van der Waals surface area contributed by atoms with E-state index < -0.39 is 11.9 Å². The molecule has 0 amide bonds. The molecule has 0 saturated heterocycles. The first-order chi connectivity index (χ1) is 9.12. The highest BCUT2D eigenvalue weighted by Crippen LogP contribution is 2.13. The van der Waals surface area contributed by atoms with Crippen molar-refractivity contribution in [3.63, 3.8) is 0 Å². The van der Waals surface area contributed by atoms with Crippen LogP contribution < -0.4 is 4.74 Å². The van der Waals surface area contributed by atoms with Gasteiger partial charge in [-0.1, -0.05) is 18.2 Å². The van der Waals surface area contributed by atoms with Crippen molar-refractivity contribution in [2.45, 2.75) is 6.42 Å². The van der Waals surface area contributed by atoms with Crippen LogP contribution in [0.15, 0.2) is 35.9 Å². The van der Waals surface area contributed by atoms with Gasteiger partial charge in [0.15, 0.2) is 0 Å². The SMILES string of the molecule is COC(=O)C(=CCc1ccc(OC)cc1)C(=O)OC. The van der Waals surface area contributed by atoms with E-state index >= 15 is 0 Å². The Morgan fingerprint density at radius 1 is 1.00 bits per heavy atom. The highest BCUT2D eigenvalue weighted by atomic mass is 16.5. The van der Waals surface area contributed by atoms with Crippen molar-refractivity contribution in [2.24, 2.45) is 0 Å². The summed E-state index contributed by atoms with van der Waals surface area (Å²) in [5.41, 5.74) is 0.826. The Labute approximate surface area is 111 Å². The molecule has 0 fully saturated rings. The minimum absolute atomic E-state index is 0.110. The molecule has 0 radical (unpaired) electrons. The molecule has 19 heavy (non-hydrogen) atoms. The lowest BCUT2D eigenvalue weighted by atomic mass is 10.1. The summed E-state index contributed by atoms with van der Waals surface area (Å²) in [5.74, 6) is -0.672. The van der Waals surface area contributed by atoms with E-state index in [9.17, 15) is 9.59 Å². The molecule has 5 nitrogen and oxygen atoms in total. The Morgan fingerprint density at radius 2 is 1.53 bits per heavy atom. The average Bonchev–Trinajstić information content (AvgIpc) is 2.47. The van der Waals surface area contributed by atoms with Gasteiger partial charge in [-0.3, -0.25) is 0 Å². The summed E-state index contributed by atoms with van der Waals surface area (Å²) in [6.07, 6.45) is 1.91. The molecule has 0 aliphatic heterocycles. The van der Waals surface area contributed by atoms with Gasteiger partial charge in [0.05, 0.1) is 21.3 Å². The van der Waals surface area contributed by atoms with Crippen LogP contribution in [0.1, 0.15) is 5.56 Å². The van der Waals surface area contributed by atoms with Crippen molar-refractivity contribution in [3.8, 4) is 5.75 Å². The second-order valence-corrected chi connectivity index (χ2v) is 3.65. The second kappa shape index (κ2) is 7.20. The third kappa shape index (κ3) is 4.13. The Kier molecular flexibility index (Phi) is 5.60. The summed E-state index contributed by atoms with van der Waals surface area (Å²) in [7, 11) is 4.01. The molecule has 0 N–H and O–H groups in total. The van der Waals surface area contributed by atoms with E-state index in [4.69, 9.17) is 4.74 Å². The minimum atomic E-state index is -0.708. The Hall–Kier alpha value is -2.30. The molecule has 0 saturated carbocycles. The standard InChI is InChI=1S/C14H16O5/c1-17-11-7-4-10(5-8-11)6-9-12(13(15)18-2)14(16)19-3/h4-5,7-9H,6H2,1-3H3. The molecular weight excluding hydrogens is 248 g/mol. The van der Waals surface area contributed by atoms with Gasteiger partial charge in [0.2, 0.25) is 0 Å². The van der Waals surface area contributed by atoms with Crippen molar-refractivity contribution in [3.05, 3.63) is 41.5 Å². The van der Waals surface area contributed by atoms with Gasteiger partial charge in [0.1, 0.15) is 11.3 Å². The molecule has 0 spiro atoms. The van der Waals surface area contributed by atoms with Crippen molar-refractivity contribution < 1.29 is 23.8 Å². The van der Waals surface area contributed by atoms with Gasteiger partial charge in [-0.2, -0.15) is 0 Å². The van der Waals surface area contributed by atoms with Crippen molar-refractivity contribution in [1.82, 2.24) is 0 Å². The molecule has 0 aromatic heterocycles. The van der Waals surface area contributed by atoms with Crippen LogP contribution in [-0.2, 0) is 25.5 Å². The maximum atomic E-state index is 11.4. The average molecular weight is 264 g/mol. The van der Waals surface area contributed by atoms with Crippen molar-refractivity contribution in [2.75, 3.05) is 21.3 Å². The smallest absolute Gasteiger partial charge is 0.344 e. The lowest BCUT2D eigenvalue weighted by molar-refractivity contribution is -0.144. The van der Waals surface area contributed by atoms with E-state index in [1.54, 1.807) is 19.2 Å². The van der Waals surface area contributed by atoms with E-state index in [0.29, 0.717) is 6.42 Å². The quantitative estimate of drug-likeness (QED) is 0.349. The maximum Gasteiger partial charge on any atom is 0.344 e. The summed E-state index contributed by atoms with van der Waals surface area (Å²) in [4.78, 5) is 22.8. The van der Waals surface area contributed by atoms with Gasteiger partial charge in [-0.25, -0.2) is 9.59 Å². The fourth-order valence-corrected chi connectivity index (χ4v) is 1.45. The van der Waals surface area contributed by atoms with Crippen LogP contribution in [-0.4, -0.2) is 33.3 Å². The fraction of sp³-hybridized carbons (Fsp3) is 0.286. The van der Waals surface area contributed by atoms with Crippen LogP contribution in [0.4, 0.5) is 0 Å². The van der Waals surface area contributed by atoms with E-state index in [1.807, 2.05) is 12.1 Å².